The summed E-state index contributed by atoms with van der Waals surface area (Å²) in [7, 11) is 0. The van der Waals surface area contributed by atoms with E-state index in [-0.39, 0.29) is 12.0 Å². The van der Waals surface area contributed by atoms with Crippen molar-refractivity contribution in [1.82, 2.24) is 5.32 Å². The first-order chi connectivity index (χ1) is 10.0. The van der Waals surface area contributed by atoms with Crippen molar-refractivity contribution in [2.45, 2.75) is 65.5 Å². The Labute approximate surface area is 129 Å². The van der Waals surface area contributed by atoms with Crippen LogP contribution in [-0.4, -0.2) is 24.7 Å². The molecule has 118 valence electrons. The molecular formula is C18H29NO2. The third-order valence-electron chi connectivity index (χ3n) is 3.33. The summed E-state index contributed by atoms with van der Waals surface area (Å²) in [5.74, 6) is -0.127. The summed E-state index contributed by atoms with van der Waals surface area (Å²) in [6.45, 7) is 8.68. The van der Waals surface area contributed by atoms with Crippen LogP contribution in [0.5, 0.6) is 0 Å². The van der Waals surface area contributed by atoms with Crippen LogP contribution in [0.15, 0.2) is 24.3 Å². The Balaban J connectivity index is 2.64. The number of ether oxygens (including phenoxy) is 1. The molecule has 0 fully saturated rings. The van der Waals surface area contributed by atoms with Crippen molar-refractivity contribution >= 4 is 5.97 Å². The molecule has 0 spiro atoms. The second-order valence-electron chi connectivity index (χ2n) is 5.80. The molecule has 0 heterocycles. The van der Waals surface area contributed by atoms with Gasteiger partial charge in [0.2, 0.25) is 0 Å². The predicted octanol–water partition coefficient (Wildman–Crippen LogP) is 3.50. The van der Waals surface area contributed by atoms with Crippen LogP contribution in [0.2, 0.25) is 0 Å². The average molecular weight is 291 g/mol. The Kier molecular flexibility index (Phi) is 8.06. The monoisotopic (exact) mass is 291 g/mol. The highest BCUT2D eigenvalue weighted by Gasteiger charge is 2.16. The van der Waals surface area contributed by atoms with Gasteiger partial charge in [0.1, 0.15) is 0 Å². The van der Waals surface area contributed by atoms with Crippen LogP contribution < -0.4 is 5.32 Å². The van der Waals surface area contributed by atoms with Crippen LogP contribution >= 0.6 is 0 Å². The molecule has 3 nitrogen and oxygen atoms in total. The van der Waals surface area contributed by atoms with Crippen molar-refractivity contribution in [2.24, 2.45) is 0 Å². The molecule has 0 aromatic heterocycles. The topological polar surface area (TPSA) is 38.3 Å². The number of nitrogens with one attached hydrogen (secondary N) is 1. The molecular weight excluding hydrogens is 262 g/mol. The third-order valence-corrected chi connectivity index (χ3v) is 3.33. The van der Waals surface area contributed by atoms with Crippen molar-refractivity contribution < 1.29 is 9.53 Å². The Hall–Kier alpha value is -1.35. The first kappa shape index (κ1) is 17.7. The lowest BCUT2D eigenvalue weighted by molar-refractivity contribution is -0.143. The number of rotatable bonds is 9. The van der Waals surface area contributed by atoms with E-state index in [9.17, 15) is 4.79 Å². The second kappa shape index (κ2) is 9.56. The van der Waals surface area contributed by atoms with Gasteiger partial charge >= 0.3 is 5.97 Å². The van der Waals surface area contributed by atoms with Crippen LogP contribution in [0.25, 0.3) is 0 Å². The Morgan fingerprint density at radius 2 is 1.76 bits per heavy atom. The molecule has 0 aliphatic rings. The van der Waals surface area contributed by atoms with Crippen molar-refractivity contribution in [3.8, 4) is 0 Å². The summed E-state index contributed by atoms with van der Waals surface area (Å²) in [6.07, 6.45) is 3.56. The summed E-state index contributed by atoms with van der Waals surface area (Å²) >= 11 is 0. The highest BCUT2D eigenvalue weighted by atomic mass is 16.5. The minimum absolute atomic E-state index is 0.126. The van der Waals surface area contributed by atoms with Crippen LogP contribution in [0.3, 0.4) is 0 Å². The maximum atomic E-state index is 11.7. The van der Waals surface area contributed by atoms with Gasteiger partial charge in [0.05, 0.1) is 13.0 Å². The van der Waals surface area contributed by atoms with Gasteiger partial charge in [-0.1, -0.05) is 51.5 Å². The molecule has 0 aliphatic heterocycles. The zero-order valence-corrected chi connectivity index (χ0v) is 13.8. The highest BCUT2D eigenvalue weighted by molar-refractivity contribution is 5.70. The summed E-state index contributed by atoms with van der Waals surface area (Å²) in [5, 5.41) is 3.46. The largest absolute Gasteiger partial charge is 0.466 e. The lowest BCUT2D eigenvalue weighted by Crippen LogP contribution is -2.38. The molecule has 1 unspecified atom stereocenters. The van der Waals surface area contributed by atoms with Gasteiger partial charge in [-0.2, -0.15) is 0 Å². The van der Waals surface area contributed by atoms with Crippen LogP contribution in [0.4, 0.5) is 0 Å². The van der Waals surface area contributed by atoms with E-state index in [1.807, 2.05) is 6.92 Å². The number of aryl methyl sites for hydroxylation is 1. The molecule has 1 atom stereocenters. The fraction of sp³-hybridized carbons (Fsp3) is 0.611. The van der Waals surface area contributed by atoms with E-state index in [4.69, 9.17) is 4.74 Å². The van der Waals surface area contributed by atoms with E-state index in [1.54, 1.807) is 0 Å². The molecule has 21 heavy (non-hydrogen) atoms. The number of hydrogen-bond acceptors (Lipinski definition) is 3. The summed E-state index contributed by atoms with van der Waals surface area (Å²) < 4.78 is 5.06. The summed E-state index contributed by atoms with van der Waals surface area (Å²) in [4.78, 5) is 11.7. The Morgan fingerprint density at radius 3 is 2.29 bits per heavy atom. The van der Waals surface area contributed by atoms with Gasteiger partial charge in [-0.15, -0.1) is 0 Å². The maximum Gasteiger partial charge on any atom is 0.307 e. The molecule has 0 saturated carbocycles. The molecule has 3 heteroatoms. The smallest absolute Gasteiger partial charge is 0.307 e. The highest BCUT2D eigenvalue weighted by Crippen LogP contribution is 2.11. The quantitative estimate of drug-likeness (QED) is 0.708. The van der Waals surface area contributed by atoms with E-state index in [1.165, 1.54) is 17.5 Å². The normalized spacial score (nSPS) is 12.4. The van der Waals surface area contributed by atoms with Gasteiger partial charge in [0, 0.05) is 12.1 Å². The Bertz CT molecular complexity index is 412. The minimum Gasteiger partial charge on any atom is -0.466 e. The first-order valence-electron chi connectivity index (χ1n) is 8.04. The number of hydrogen-bond donors (Lipinski definition) is 1. The third kappa shape index (κ3) is 7.28. The first-order valence-corrected chi connectivity index (χ1v) is 8.04. The van der Waals surface area contributed by atoms with E-state index in [2.05, 4.69) is 50.4 Å². The van der Waals surface area contributed by atoms with Gasteiger partial charge < -0.3 is 10.1 Å². The molecule has 0 amide bonds. The zero-order valence-electron chi connectivity index (χ0n) is 13.8. The molecule has 1 aromatic rings. The van der Waals surface area contributed by atoms with Gasteiger partial charge in [-0.25, -0.2) is 0 Å². The van der Waals surface area contributed by atoms with Gasteiger partial charge in [0.25, 0.3) is 0 Å². The summed E-state index contributed by atoms with van der Waals surface area (Å²) in [5.41, 5.74) is 2.64. The molecule has 1 aromatic carbocycles. The van der Waals surface area contributed by atoms with Gasteiger partial charge in [-0.3, -0.25) is 4.79 Å². The molecule has 0 bridgehead atoms. The molecule has 0 aliphatic carbocycles. The van der Waals surface area contributed by atoms with Crippen molar-refractivity contribution in [3.63, 3.8) is 0 Å². The van der Waals surface area contributed by atoms with Crippen LogP contribution in [0.1, 0.15) is 51.7 Å². The number of benzene rings is 1. The standard InChI is InChI=1S/C18H29NO2/c1-5-7-15-8-10-16(11-9-15)12-17(19-14(3)4)13-18(20)21-6-2/h8-11,14,17,19H,5-7,12-13H2,1-4H3. The molecule has 1 N–H and O–H groups in total. The minimum atomic E-state index is -0.127. The fourth-order valence-electron chi connectivity index (χ4n) is 2.50. The molecule has 0 saturated heterocycles. The fourth-order valence-corrected chi connectivity index (χ4v) is 2.50. The van der Waals surface area contributed by atoms with Crippen LogP contribution in [0, 0.1) is 0 Å². The van der Waals surface area contributed by atoms with E-state index >= 15 is 0 Å². The molecule has 0 radical (unpaired) electrons. The Morgan fingerprint density at radius 1 is 1.14 bits per heavy atom. The van der Waals surface area contributed by atoms with E-state index < -0.39 is 0 Å². The van der Waals surface area contributed by atoms with Gasteiger partial charge in [0.15, 0.2) is 0 Å². The van der Waals surface area contributed by atoms with Crippen molar-refractivity contribution in [2.75, 3.05) is 6.61 Å². The number of carbonyl (C=O) groups is 1. The maximum absolute atomic E-state index is 11.7. The number of carbonyl (C=O) groups excluding carboxylic acids is 1. The SMILES string of the molecule is CCCc1ccc(CC(CC(=O)OCC)NC(C)C)cc1. The predicted molar refractivity (Wildman–Crippen MR) is 87.5 cm³/mol. The van der Waals surface area contributed by atoms with Gasteiger partial charge in [-0.05, 0) is 30.9 Å². The zero-order chi connectivity index (χ0) is 15.7. The lowest BCUT2D eigenvalue weighted by Gasteiger charge is -2.20. The average Bonchev–Trinajstić information content (AvgIpc) is 2.40. The second-order valence-corrected chi connectivity index (χ2v) is 5.80. The van der Waals surface area contributed by atoms with E-state index in [0.717, 1.165) is 12.8 Å². The van der Waals surface area contributed by atoms with Crippen molar-refractivity contribution in [1.29, 1.82) is 0 Å². The molecule has 1 rings (SSSR count). The summed E-state index contributed by atoms with van der Waals surface area (Å²) in [6, 6.07) is 9.20. The van der Waals surface area contributed by atoms with Crippen molar-refractivity contribution in [3.05, 3.63) is 35.4 Å². The van der Waals surface area contributed by atoms with E-state index in [0.29, 0.717) is 19.1 Å². The number of esters is 1. The van der Waals surface area contributed by atoms with Crippen LogP contribution in [-0.2, 0) is 22.4 Å². The lowest BCUT2D eigenvalue weighted by atomic mass is 10.0.